The van der Waals surface area contributed by atoms with Gasteiger partial charge in [0.05, 0.1) is 23.7 Å². The first-order chi connectivity index (χ1) is 12.9. The Morgan fingerprint density at radius 3 is 2.48 bits per heavy atom. The van der Waals surface area contributed by atoms with E-state index in [0.29, 0.717) is 31.3 Å². The number of morpholine rings is 1. The standard InChI is InChI=1S/C18H19ClN2O5S/c19-14-3-6-17(22)16(11-14)18(23)20-12-13-1-4-15(5-2-13)27(24,25)21-7-9-26-10-8-21/h1-6,11,22H,7-10,12H2,(H,20,23). The Kier molecular flexibility index (Phi) is 6.01. The second-order valence-corrected chi connectivity index (χ2v) is 8.38. The number of amides is 1. The van der Waals surface area contributed by atoms with Crippen LogP contribution in [0.3, 0.4) is 0 Å². The molecule has 1 aliphatic heterocycles. The van der Waals surface area contributed by atoms with Gasteiger partial charge in [-0.3, -0.25) is 4.79 Å². The van der Waals surface area contributed by atoms with Gasteiger partial charge in [0.25, 0.3) is 5.91 Å². The Hall–Kier alpha value is -2.13. The van der Waals surface area contributed by atoms with E-state index in [1.807, 2.05) is 0 Å². The Balaban J connectivity index is 1.65. The molecular formula is C18H19ClN2O5S. The molecule has 1 amide bonds. The predicted molar refractivity (Wildman–Crippen MR) is 100 cm³/mol. The molecule has 9 heteroatoms. The number of benzene rings is 2. The lowest BCUT2D eigenvalue weighted by molar-refractivity contribution is 0.0730. The number of sulfonamides is 1. The van der Waals surface area contributed by atoms with E-state index in [4.69, 9.17) is 16.3 Å². The summed E-state index contributed by atoms with van der Waals surface area (Å²) in [7, 11) is -3.55. The molecule has 2 N–H and O–H groups in total. The molecule has 144 valence electrons. The summed E-state index contributed by atoms with van der Waals surface area (Å²) in [5.74, 6) is -0.635. The Morgan fingerprint density at radius 2 is 1.81 bits per heavy atom. The number of nitrogens with zero attached hydrogens (tertiary/aromatic N) is 1. The number of phenols is 1. The summed E-state index contributed by atoms with van der Waals surface area (Å²) in [5, 5.41) is 12.8. The maximum atomic E-state index is 12.6. The lowest BCUT2D eigenvalue weighted by atomic mass is 10.1. The highest BCUT2D eigenvalue weighted by Gasteiger charge is 2.26. The molecule has 2 aromatic carbocycles. The van der Waals surface area contributed by atoms with Gasteiger partial charge >= 0.3 is 0 Å². The number of carbonyl (C=O) groups excluding carboxylic acids is 1. The molecule has 1 fully saturated rings. The highest BCUT2D eigenvalue weighted by Crippen LogP contribution is 2.22. The van der Waals surface area contributed by atoms with Crippen molar-refractivity contribution in [2.24, 2.45) is 0 Å². The molecule has 0 aliphatic carbocycles. The molecule has 0 radical (unpaired) electrons. The van der Waals surface area contributed by atoms with Crippen molar-refractivity contribution in [3.05, 3.63) is 58.6 Å². The number of phenolic OH excluding ortho intramolecular Hbond substituents is 1. The van der Waals surface area contributed by atoms with Crippen LogP contribution in [0.5, 0.6) is 5.75 Å². The van der Waals surface area contributed by atoms with Crippen LogP contribution in [-0.4, -0.2) is 50.0 Å². The van der Waals surface area contributed by atoms with E-state index in [2.05, 4.69) is 5.32 Å². The number of halogens is 1. The van der Waals surface area contributed by atoms with Crippen LogP contribution in [0.15, 0.2) is 47.4 Å². The number of rotatable bonds is 5. The number of hydrogen-bond acceptors (Lipinski definition) is 5. The van der Waals surface area contributed by atoms with Gasteiger partial charge in [-0.1, -0.05) is 23.7 Å². The summed E-state index contributed by atoms with van der Waals surface area (Å²) >= 11 is 5.84. The molecule has 0 bridgehead atoms. The van der Waals surface area contributed by atoms with Crippen LogP contribution >= 0.6 is 11.6 Å². The van der Waals surface area contributed by atoms with Crippen LogP contribution in [0, 0.1) is 0 Å². The largest absolute Gasteiger partial charge is 0.507 e. The zero-order valence-corrected chi connectivity index (χ0v) is 16.0. The zero-order valence-electron chi connectivity index (χ0n) is 14.4. The van der Waals surface area contributed by atoms with E-state index < -0.39 is 15.9 Å². The number of hydrogen-bond donors (Lipinski definition) is 2. The van der Waals surface area contributed by atoms with Gasteiger partial charge < -0.3 is 15.2 Å². The van der Waals surface area contributed by atoms with Crippen LogP contribution in [0.25, 0.3) is 0 Å². The third kappa shape index (κ3) is 4.59. The SMILES string of the molecule is O=C(NCc1ccc(S(=O)(=O)N2CCOCC2)cc1)c1cc(Cl)ccc1O. The van der Waals surface area contributed by atoms with Crippen LogP contribution < -0.4 is 5.32 Å². The van der Waals surface area contributed by atoms with Gasteiger partial charge in [-0.15, -0.1) is 0 Å². The molecule has 2 aromatic rings. The molecule has 0 atom stereocenters. The molecule has 1 heterocycles. The average Bonchev–Trinajstić information content (AvgIpc) is 2.69. The maximum Gasteiger partial charge on any atom is 0.255 e. The normalized spacial score (nSPS) is 15.4. The first kappa shape index (κ1) is 19.6. The monoisotopic (exact) mass is 410 g/mol. The molecule has 0 spiro atoms. The van der Waals surface area contributed by atoms with Gasteiger partial charge in [0.1, 0.15) is 5.75 Å². The third-order valence-electron chi connectivity index (χ3n) is 4.19. The molecule has 7 nitrogen and oxygen atoms in total. The fourth-order valence-electron chi connectivity index (χ4n) is 2.68. The van der Waals surface area contributed by atoms with Crippen molar-refractivity contribution in [3.8, 4) is 5.75 Å². The number of ether oxygens (including phenoxy) is 1. The molecule has 0 saturated carbocycles. The Bertz CT molecular complexity index is 925. The number of nitrogens with one attached hydrogen (secondary N) is 1. The maximum absolute atomic E-state index is 12.6. The smallest absolute Gasteiger partial charge is 0.255 e. The highest BCUT2D eigenvalue weighted by atomic mass is 35.5. The van der Waals surface area contributed by atoms with Gasteiger partial charge in [-0.05, 0) is 35.9 Å². The third-order valence-corrected chi connectivity index (χ3v) is 6.34. The van der Waals surface area contributed by atoms with Crippen LogP contribution in [0.1, 0.15) is 15.9 Å². The molecular weight excluding hydrogens is 392 g/mol. The van der Waals surface area contributed by atoms with E-state index in [0.717, 1.165) is 5.56 Å². The quantitative estimate of drug-likeness (QED) is 0.785. The van der Waals surface area contributed by atoms with Crippen molar-refractivity contribution in [1.82, 2.24) is 9.62 Å². The van der Waals surface area contributed by atoms with Crippen LogP contribution in [0.2, 0.25) is 5.02 Å². The predicted octanol–water partition coefficient (Wildman–Crippen LogP) is 2.00. The first-order valence-electron chi connectivity index (χ1n) is 8.31. The van der Waals surface area contributed by atoms with E-state index in [1.165, 1.54) is 34.6 Å². The summed E-state index contributed by atoms with van der Waals surface area (Å²) in [6.07, 6.45) is 0. The summed E-state index contributed by atoms with van der Waals surface area (Å²) in [4.78, 5) is 12.4. The van der Waals surface area contributed by atoms with Crippen molar-refractivity contribution >= 4 is 27.5 Å². The lowest BCUT2D eigenvalue weighted by Gasteiger charge is -2.26. The minimum atomic E-state index is -3.55. The Morgan fingerprint density at radius 1 is 1.15 bits per heavy atom. The summed E-state index contributed by atoms with van der Waals surface area (Å²) < 4.78 is 31.7. The van der Waals surface area contributed by atoms with Crippen molar-refractivity contribution in [2.75, 3.05) is 26.3 Å². The number of aromatic hydroxyl groups is 1. The van der Waals surface area contributed by atoms with Crippen molar-refractivity contribution in [2.45, 2.75) is 11.4 Å². The van der Waals surface area contributed by atoms with E-state index in [1.54, 1.807) is 12.1 Å². The van der Waals surface area contributed by atoms with Gasteiger partial charge in [-0.25, -0.2) is 8.42 Å². The molecule has 0 unspecified atom stereocenters. The van der Waals surface area contributed by atoms with Crippen LogP contribution in [0.4, 0.5) is 0 Å². The second kappa shape index (κ2) is 8.26. The lowest BCUT2D eigenvalue weighted by Crippen LogP contribution is -2.40. The van der Waals surface area contributed by atoms with Crippen molar-refractivity contribution in [1.29, 1.82) is 0 Å². The van der Waals surface area contributed by atoms with Crippen molar-refractivity contribution < 1.29 is 23.1 Å². The number of carbonyl (C=O) groups is 1. The van der Waals surface area contributed by atoms with Gasteiger partial charge in [0.2, 0.25) is 10.0 Å². The summed E-state index contributed by atoms with van der Waals surface area (Å²) in [5.41, 5.74) is 0.805. The molecule has 3 rings (SSSR count). The van der Waals surface area contributed by atoms with E-state index >= 15 is 0 Å². The topological polar surface area (TPSA) is 95.9 Å². The minimum absolute atomic E-state index is 0.0778. The summed E-state index contributed by atoms with van der Waals surface area (Å²) in [6, 6.07) is 10.5. The minimum Gasteiger partial charge on any atom is -0.507 e. The van der Waals surface area contributed by atoms with Crippen LogP contribution in [-0.2, 0) is 21.3 Å². The Labute approximate surface area is 162 Å². The highest BCUT2D eigenvalue weighted by molar-refractivity contribution is 7.89. The molecule has 27 heavy (non-hydrogen) atoms. The zero-order chi connectivity index (χ0) is 19.4. The summed E-state index contributed by atoms with van der Waals surface area (Å²) in [6.45, 7) is 1.63. The van der Waals surface area contributed by atoms with Gasteiger partial charge in [0, 0.05) is 24.7 Å². The molecule has 1 saturated heterocycles. The van der Waals surface area contributed by atoms with Crippen molar-refractivity contribution in [3.63, 3.8) is 0 Å². The second-order valence-electron chi connectivity index (χ2n) is 6.00. The fraction of sp³-hybridized carbons (Fsp3) is 0.278. The first-order valence-corrected chi connectivity index (χ1v) is 10.1. The van der Waals surface area contributed by atoms with E-state index in [-0.39, 0.29) is 22.8 Å². The average molecular weight is 411 g/mol. The fourth-order valence-corrected chi connectivity index (χ4v) is 4.26. The van der Waals surface area contributed by atoms with E-state index in [9.17, 15) is 18.3 Å². The molecule has 1 aliphatic rings. The molecule has 0 aromatic heterocycles. The van der Waals surface area contributed by atoms with Gasteiger partial charge in [0.15, 0.2) is 0 Å². The van der Waals surface area contributed by atoms with Gasteiger partial charge in [-0.2, -0.15) is 4.31 Å².